The quantitative estimate of drug-likeness (QED) is 0.682. The molecule has 1 heterocycles. The van der Waals surface area contributed by atoms with Crippen molar-refractivity contribution in [2.24, 2.45) is 11.8 Å². The van der Waals surface area contributed by atoms with E-state index in [0.29, 0.717) is 18.9 Å². The van der Waals surface area contributed by atoms with E-state index >= 15 is 0 Å². The van der Waals surface area contributed by atoms with Crippen LogP contribution >= 0.6 is 0 Å². The molecule has 0 aromatic heterocycles. The number of hydrogen-bond donors (Lipinski definition) is 1. The summed E-state index contributed by atoms with van der Waals surface area (Å²) in [6, 6.07) is 0. The third-order valence-electron chi connectivity index (χ3n) is 3.09. The van der Waals surface area contributed by atoms with Crippen molar-refractivity contribution in [1.29, 1.82) is 0 Å². The summed E-state index contributed by atoms with van der Waals surface area (Å²) in [7, 11) is 0. The molecule has 2 atom stereocenters. The van der Waals surface area contributed by atoms with E-state index in [1.54, 1.807) is 0 Å². The first-order valence-electron chi connectivity index (χ1n) is 5.12. The van der Waals surface area contributed by atoms with Gasteiger partial charge in [-0.15, -0.1) is 0 Å². The highest BCUT2D eigenvalue weighted by molar-refractivity contribution is 5.77. The molecular formula is C10H17NO2. The van der Waals surface area contributed by atoms with Crippen LogP contribution in [0, 0.1) is 11.8 Å². The van der Waals surface area contributed by atoms with Crippen molar-refractivity contribution in [3.05, 3.63) is 0 Å². The lowest BCUT2D eigenvalue weighted by molar-refractivity contribution is -0.130. The third kappa shape index (κ3) is 2.02. The van der Waals surface area contributed by atoms with Crippen LogP contribution in [0.1, 0.15) is 26.2 Å². The molecule has 2 unspecified atom stereocenters. The number of rotatable bonds is 2. The van der Waals surface area contributed by atoms with Crippen LogP contribution in [0.25, 0.3) is 0 Å². The van der Waals surface area contributed by atoms with Crippen LogP contribution in [0.2, 0.25) is 0 Å². The van der Waals surface area contributed by atoms with Crippen LogP contribution in [-0.4, -0.2) is 35.1 Å². The molecule has 3 nitrogen and oxygen atoms in total. The van der Waals surface area contributed by atoms with E-state index in [1.807, 2.05) is 11.8 Å². The SMILES string of the molecule is CC1CN(C(=O)CC2CC2)CC1O. The molecule has 1 saturated carbocycles. The van der Waals surface area contributed by atoms with Gasteiger partial charge in [-0.05, 0) is 18.8 Å². The summed E-state index contributed by atoms with van der Waals surface area (Å²) in [6.07, 6.45) is 2.84. The number of carbonyl (C=O) groups excluding carboxylic acids is 1. The molecular weight excluding hydrogens is 166 g/mol. The molecule has 1 saturated heterocycles. The minimum Gasteiger partial charge on any atom is -0.391 e. The molecule has 0 aromatic carbocycles. The Labute approximate surface area is 78.7 Å². The Hall–Kier alpha value is -0.570. The van der Waals surface area contributed by atoms with Crippen LogP contribution in [0.4, 0.5) is 0 Å². The Morgan fingerprint density at radius 2 is 2.15 bits per heavy atom. The van der Waals surface area contributed by atoms with Crippen LogP contribution < -0.4 is 0 Å². The van der Waals surface area contributed by atoms with Crippen molar-refractivity contribution in [3.8, 4) is 0 Å². The van der Waals surface area contributed by atoms with E-state index in [-0.39, 0.29) is 17.9 Å². The lowest BCUT2D eigenvalue weighted by atomic mass is 10.1. The van der Waals surface area contributed by atoms with Gasteiger partial charge in [-0.3, -0.25) is 4.79 Å². The molecule has 2 rings (SSSR count). The van der Waals surface area contributed by atoms with Gasteiger partial charge in [0.1, 0.15) is 0 Å². The zero-order valence-corrected chi connectivity index (χ0v) is 8.07. The molecule has 2 aliphatic rings. The molecule has 1 amide bonds. The summed E-state index contributed by atoms with van der Waals surface area (Å²) in [5, 5.41) is 9.47. The lowest BCUT2D eigenvalue weighted by Crippen LogP contribution is -2.29. The van der Waals surface area contributed by atoms with Crippen LogP contribution in [0.15, 0.2) is 0 Å². The smallest absolute Gasteiger partial charge is 0.222 e. The van der Waals surface area contributed by atoms with Crippen molar-refractivity contribution in [2.45, 2.75) is 32.3 Å². The Morgan fingerprint density at radius 3 is 2.62 bits per heavy atom. The van der Waals surface area contributed by atoms with Crippen molar-refractivity contribution < 1.29 is 9.90 Å². The van der Waals surface area contributed by atoms with E-state index in [2.05, 4.69) is 0 Å². The van der Waals surface area contributed by atoms with E-state index in [0.717, 1.165) is 6.54 Å². The number of hydrogen-bond acceptors (Lipinski definition) is 2. The van der Waals surface area contributed by atoms with Gasteiger partial charge in [-0.2, -0.15) is 0 Å². The molecule has 0 aromatic rings. The van der Waals surface area contributed by atoms with Gasteiger partial charge in [0.05, 0.1) is 6.10 Å². The topological polar surface area (TPSA) is 40.5 Å². The summed E-state index contributed by atoms with van der Waals surface area (Å²) < 4.78 is 0. The minimum absolute atomic E-state index is 0.242. The van der Waals surface area contributed by atoms with E-state index in [1.165, 1.54) is 12.8 Å². The largest absolute Gasteiger partial charge is 0.391 e. The summed E-state index contributed by atoms with van der Waals surface area (Å²) >= 11 is 0. The minimum atomic E-state index is -0.303. The highest BCUT2D eigenvalue weighted by Crippen LogP contribution is 2.33. The van der Waals surface area contributed by atoms with Crippen molar-refractivity contribution in [2.75, 3.05) is 13.1 Å². The Balaban J connectivity index is 1.83. The summed E-state index contributed by atoms with van der Waals surface area (Å²) in [4.78, 5) is 13.4. The fourth-order valence-corrected chi connectivity index (χ4v) is 1.85. The first kappa shape index (κ1) is 9.00. The van der Waals surface area contributed by atoms with Crippen LogP contribution in [-0.2, 0) is 4.79 Å². The maximum atomic E-state index is 11.6. The number of β-amino-alcohol motifs (C(OH)–C–C–N with tert-alkyl or cyclic N) is 1. The molecule has 13 heavy (non-hydrogen) atoms. The first-order chi connectivity index (χ1) is 6.16. The fourth-order valence-electron chi connectivity index (χ4n) is 1.85. The van der Waals surface area contributed by atoms with Gasteiger partial charge in [-0.25, -0.2) is 0 Å². The van der Waals surface area contributed by atoms with Crippen molar-refractivity contribution in [3.63, 3.8) is 0 Å². The van der Waals surface area contributed by atoms with Gasteiger partial charge in [0.15, 0.2) is 0 Å². The van der Waals surface area contributed by atoms with E-state index < -0.39 is 0 Å². The average Bonchev–Trinajstić information content (AvgIpc) is 2.81. The first-order valence-corrected chi connectivity index (χ1v) is 5.12. The average molecular weight is 183 g/mol. The highest BCUT2D eigenvalue weighted by atomic mass is 16.3. The molecule has 1 N–H and O–H groups in total. The predicted octanol–water partition coefficient (Wildman–Crippen LogP) is 0.626. The second-order valence-electron chi connectivity index (χ2n) is 4.49. The molecule has 3 heteroatoms. The zero-order valence-electron chi connectivity index (χ0n) is 8.07. The van der Waals surface area contributed by atoms with Gasteiger partial charge in [-0.1, -0.05) is 6.92 Å². The molecule has 1 aliphatic heterocycles. The Morgan fingerprint density at radius 1 is 1.46 bits per heavy atom. The van der Waals surface area contributed by atoms with Gasteiger partial charge in [0.2, 0.25) is 5.91 Å². The Bertz CT molecular complexity index is 203. The number of aliphatic hydroxyl groups is 1. The van der Waals surface area contributed by atoms with Gasteiger partial charge < -0.3 is 10.0 Å². The molecule has 0 radical (unpaired) electrons. The fraction of sp³-hybridized carbons (Fsp3) is 0.900. The monoisotopic (exact) mass is 183 g/mol. The number of aliphatic hydroxyl groups excluding tert-OH is 1. The van der Waals surface area contributed by atoms with Gasteiger partial charge in [0.25, 0.3) is 0 Å². The number of nitrogens with zero attached hydrogens (tertiary/aromatic N) is 1. The summed E-state index contributed by atoms with van der Waals surface area (Å²) in [6.45, 7) is 3.29. The van der Waals surface area contributed by atoms with Gasteiger partial charge in [0, 0.05) is 25.4 Å². The number of amides is 1. The second-order valence-corrected chi connectivity index (χ2v) is 4.49. The number of carbonyl (C=O) groups is 1. The van der Waals surface area contributed by atoms with Crippen LogP contribution in [0.5, 0.6) is 0 Å². The van der Waals surface area contributed by atoms with E-state index in [9.17, 15) is 9.90 Å². The maximum Gasteiger partial charge on any atom is 0.222 e. The number of likely N-dealkylation sites (tertiary alicyclic amines) is 1. The molecule has 2 fully saturated rings. The maximum absolute atomic E-state index is 11.6. The molecule has 74 valence electrons. The standard InChI is InChI=1S/C10H17NO2/c1-7-5-11(6-9(7)12)10(13)4-8-2-3-8/h7-9,12H,2-6H2,1H3. The van der Waals surface area contributed by atoms with E-state index in [4.69, 9.17) is 0 Å². The predicted molar refractivity (Wildman–Crippen MR) is 49.1 cm³/mol. The second kappa shape index (κ2) is 3.29. The Kier molecular flexibility index (Phi) is 2.28. The normalized spacial score (nSPS) is 33.8. The summed E-state index contributed by atoms with van der Waals surface area (Å²) in [5.74, 6) is 1.15. The van der Waals surface area contributed by atoms with Crippen molar-refractivity contribution >= 4 is 5.91 Å². The zero-order chi connectivity index (χ0) is 9.42. The molecule has 0 bridgehead atoms. The lowest BCUT2D eigenvalue weighted by Gasteiger charge is -2.14. The third-order valence-corrected chi connectivity index (χ3v) is 3.09. The van der Waals surface area contributed by atoms with Crippen molar-refractivity contribution in [1.82, 2.24) is 4.90 Å². The highest BCUT2D eigenvalue weighted by Gasteiger charge is 2.33. The van der Waals surface area contributed by atoms with Gasteiger partial charge >= 0.3 is 0 Å². The summed E-state index contributed by atoms with van der Waals surface area (Å²) in [5.41, 5.74) is 0. The molecule has 1 aliphatic carbocycles. The van der Waals surface area contributed by atoms with Crippen LogP contribution in [0.3, 0.4) is 0 Å². The molecule has 0 spiro atoms.